The summed E-state index contributed by atoms with van der Waals surface area (Å²) in [5.41, 5.74) is 0.548. The molecule has 0 N–H and O–H groups in total. The summed E-state index contributed by atoms with van der Waals surface area (Å²) in [6.07, 6.45) is 1.23. The quantitative estimate of drug-likeness (QED) is 0.195. The van der Waals surface area contributed by atoms with Gasteiger partial charge < -0.3 is 9.47 Å². The molecule has 1 fully saturated rings. The topological polar surface area (TPSA) is 99.0 Å². The highest BCUT2D eigenvalue weighted by atomic mass is 35.5. The van der Waals surface area contributed by atoms with Gasteiger partial charge in [-0.1, -0.05) is 48.0 Å². The number of rotatable bonds is 8. The van der Waals surface area contributed by atoms with E-state index < -0.39 is 21.9 Å². The fourth-order valence-electron chi connectivity index (χ4n) is 3.47. The average molecular weight is 529 g/mol. The van der Waals surface area contributed by atoms with Gasteiger partial charge in [-0.3, -0.25) is 24.6 Å². The van der Waals surface area contributed by atoms with E-state index in [1.165, 1.54) is 43.5 Å². The van der Waals surface area contributed by atoms with Gasteiger partial charge in [0, 0.05) is 10.6 Å². The van der Waals surface area contributed by atoms with Crippen molar-refractivity contribution in [3.63, 3.8) is 0 Å². The molecule has 0 aromatic heterocycles. The first-order valence-electron chi connectivity index (χ1n) is 10.5. The van der Waals surface area contributed by atoms with Crippen LogP contribution < -0.4 is 9.47 Å². The number of methoxy groups -OCH3 is 1. The Kier molecular flexibility index (Phi) is 7.56. The van der Waals surface area contributed by atoms with Crippen molar-refractivity contribution in [2.24, 2.45) is 0 Å². The summed E-state index contributed by atoms with van der Waals surface area (Å²) in [6.45, 7) is -0.212. The van der Waals surface area contributed by atoms with Crippen molar-refractivity contribution in [3.05, 3.63) is 103 Å². The summed E-state index contributed by atoms with van der Waals surface area (Å²) in [5.74, 6) is -1.02. The van der Waals surface area contributed by atoms with Crippen molar-refractivity contribution in [1.82, 2.24) is 4.90 Å². The Bertz CT molecular complexity index is 1360. The Morgan fingerprint density at radius 2 is 1.86 bits per heavy atom. The van der Waals surface area contributed by atoms with Crippen molar-refractivity contribution in [2.45, 2.75) is 13.2 Å². The Hall–Kier alpha value is -3.89. The Morgan fingerprint density at radius 3 is 2.53 bits per heavy atom. The standard InChI is InChI=1S/C25H18ClFN2O6S/c1-34-21-10-16(20(29(32)33)12-22(21)35-14-15-6-3-2-4-7-15)11-23-24(30)28(25(31)36-23)13-17-18(26)8-5-9-19(17)27/h2-12H,13-14H2,1H3/b23-11+. The molecule has 0 radical (unpaired) electrons. The summed E-state index contributed by atoms with van der Waals surface area (Å²) in [5, 5.41) is 11.2. The summed E-state index contributed by atoms with van der Waals surface area (Å²) in [7, 11) is 1.38. The van der Waals surface area contributed by atoms with Crippen molar-refractivity contribution in [2.75, 3.05) is 7.11 Å². The van der Waals surface area contributed by atoms with Crippen LogP contribution in [0, 0.1) is 15.9 Å². The van der Waals surface area contributed by atoms with Crippen molar-refractivity contribution < 1.29 is 28.4 Å². The molecule has 0 spiro atoms. The van der Waals surface area contributed by atoms with Crippen LogP contribution in [0.25, 0.3) is 6.08 Å². The Labute approximate surface area is 214 Å². The van der Waals surface area contributed by atoms with Crippen LogP contribution in [0.3, 0.4) is 0 Å². The van der Waals surface area contributed by atoms with E-state index in [1.807, 2.05) is 30.3 Å². The molecule has 36 heavy (non-hydrogen) atoms. The number of nitrogens with zero attached hydrogens (tertiary/aromatic N) is 2. The van der Waals surface area contributed by atoms with Gasteiger partial charge in [-0.2, -0.15) is 0 Å². The fourth-order valence-corrected chi connectivity index (χ4v) is 4.52. The van der Waals surface area contributed by atoms with E-state index in [9.17, 15) is 24.1 Å². The van der Waals surface area contributed by atoms with Gasteiger partial charge in [-0.15, -0.1) is 0 Å². The lowest BCUT2D eigenvalue weighted by atomic mass is 10.1. The third kappa shape index (κ3) is 5.34. The molecule has 0 atom stereocenters. The molecule has 0 bridgehead atoms. The van der Waals surface area contributed by atoms with Crippen LogP contribution in [0.5, 0.6) is 11.5 Å². The number of benzene rings is 3. The molecule has 1 heterocycles. The highest BCUT2D eigenvalue weighted by Crippen LogP contribution is 2.40. The summed E-state index contributed by atoms with van der Waals surface area (Å²) < 4.78 is 25.3. The molecule has 0 aliphatic carbocycles. The maximum absolute atomic E-state index is 14.2. The molecule has 3 aromatic rings. The number of imide groups is 1. The Balaban J connectivity index is 1.63. The summed E-state index contributed by atoms with van der Waals surface area (Å²) >= 11 is 6.62. The van der Waals surface area contributed by atoms with Gasteiger partial charge in [0.15, 0.2) is 11.5 Å². The lowest BCUT2D eigenvalue weighted by Crippen LogP contribution is -2.28. The summed E-state index contributed by atoms with van der Waals surface area (Å²) in [6, 6.07) is 15.8. The summed E-state index contributed by atoms with van der Waals surface area (Å²) in [4.78, 5) is 37.4. The van der Waals surface area contributed by atoms with E-state index in [4.69, 9.17) is 21.1 Å². The average Bonchev–Trinajstić information content (AvgIpc) is 3.12. The SMILES string of the molecule is COc1cc(/C=C2/SC(=O)N(Cc3c(F)cccc3Cl)C2=O)c([N+](=O)[O-])cc1OCc1ccccc1. The number of thioether (sulfide) groups is 1. The van der Waals surface area contributed by atoms with Gasteiger partial charge in [0.05, 0.1) is 35.1 Å². The van der Waals surface area contributed by atoms with E-state index in [0.29, 0.717) is 11.8 Å². The maximum Gasteiger partial charge on any atom is 0.293 e. The molecule has 184 valence electrons. The predicted octanol–water partition coefficient (Wildman–Crippen LogP) is 6.21. The zero-order valence-corrected chi connectivity index (χ0v) is 20.3. The number of amides is 2. The smallest absolute Gasteiger partial charge is 0.293 e. The first kappa shape index (κ1) is 25.2. The van der Waals surface area contributed by atoms with Crippen molar-refractivity contribution in [3.8, 4) is 11.5 Å². The minimum Gasteiger partial charge on any atom is -0.493 e. The molecule has 1 aliphatic rings. The van der Waals surface area contributed by atoms with Crippen LogP contribution in [0.2, 0.25) is 5.02 Å². The number of nitro groups is 1. The molecule has 11 heteroatoms. The van der Waals surface area contributed by atoms with Crippen LogP contribution in [0.4, 0.5) is 14.9 Å². The first-order chi connectivity index (χ1) is 17.3. The highest BCUT2D eigenvalue weighted by Gasteiger charge is 2.36. The van der Waals surface area contributed by atoms with E-state index in [1.54, 1.807) is 0 Å². The van der Waals surface area contributed by atoms with E-state index >= 15 is 0 Å². The number of hydrogen-bond acceptors (Lipinski definition) is 7. The first-order valence-corrected chi connectivity index (χ1v) is 11.7. The van der Waals surface area contributed by atoms with Gasteiger partial charge in [-0.25, -0.2) is 4.39 Å². The molecule has 2 amide bonds. The van der Waals surface area contributed by atoms with Crippen LogP contribution in [0.15, 0.2) is 65.6 Å². The van der Waals surface area contributed by atoms with Gasteiger partial charge >= 0.3 is 0 Å². The second kappa shape index (κ2) is 10.8. The molecular formula is C25H18ClFN2O6S. The molecule has 8 nitrogen and oxygen atoms in total. The number of nitro benzene ring substituents is 1. The molecule has 0 saturated carbocycles. The molecular weight excluding hydrogens is 511 g/mol. The number of ether oxygens (including phenoxy) is 2. The molecule has 1 saturated heterocycles. The maximum atomic E-state index is 14.2. The van der Waals surface area contributed by atoms with Crippen molar-refractivity contribution >= 4 is 46.3 Å². The zero-order chi connectivity index (χ0) is 25.8. The molecule has 1 aliphatic heterocycles. The number of carbonyl (C=O) groups is 2. The van der Waals surface area contributed by atoms with E-state index in [-0.39, 0.29) is 51.4 Å². The second-order valence-corrected chi connectivity index (χ2v) is 8.96. The fraction of sp³-hybridized carbons (Fsp3) is 0.120. The highest BCUT2D eigenvalue weighted by molar-refractivity contribution is 8.18. The Morgan fingerprint density at radius 1 is 1.11 bits per heavy atom. The number of hydrogen-bond donors (Lipinski definition) is 0. The molecule has 4 rings (SSSR count). The van der Waals surface area contributed by atoms with E-state index in [2.05, 4.69) is 0 Å². The van der Waals surface area contributed by atoms with Gasteiger partial charge in [0.1, 0.15) is 12.4 Å². The van der Waals surface area contributed by atoms with Gasteiger partial charge in [0.2, 0.25) is 0 Å². The lowest BCUT2D eigenvalue weighted by molar-refractivity contribution is -0.385. The van der Waals surface area contributed by atoms with Crippen LogP contribution >= 0.6 is 23.4 Å². The normalized spacial score (nSPS) is 14.4. The largest absolute Gasteiger partial charge is 0.493 e. The van der Waals surface area contributed by atoms with Crippen LogP contribution in [-0.2, 0) is 17.9 Å². The van der Waals surface area contributed by atoms with Crippen LogP contribution in [0.1, 0.15) is 16.7 Å². The number of halogens is 2. The minimum absolute atomic E-state index is 0.00437. The van der Waals surface area contributed by atoms with E-state index in [0.717, 1.165) is 10.5 Å². The van der Waals surface area contributed by atoms with Crippen molar-refractivity contribution in [1.29, 1.82) is 0 Å². The van der Waals surface area contributed by atoms with Crippen LogP contribution in [-0.4, -0.2) is 28.1 Å². The molecule has 3 aromatic carbocycles. The zero-order valence-electron chi connectivity index (χ0n) is 18.8. The number of carbonyl (C=O) groups excluding carboxylic acids is 2. The minimum atomic E-state index is -0.720. The predicted molar refractivity (Wildman–Crippen MR) is 133 cm³/mol. The second-order valence-electron chi connectivity index (χ2n) is 7.56. The third-order valence-electron chi connectivity index (χ3n) is 5.28. The third-order valence-corrected chi connectivity index (χ3v) is 6.55. The van der Waals surface area contributed by atoms with Gasteiger partial charge in [-0.05, 0) is 41.6 Å². The van der Waals surface area contributed by atoms with Gasteiger partial charge in [0.25, 0.3) is 16.8 Å². The lowest BCUT2D eigenvalue weighted by Gasteiger charge is -2.14. The monoisotopic (exact) mass is 528 g/mol. The molecule has 0 unspecified atom stereocenters.